The van der Waals surface area contributed by atoms with E-state index < -0.39 is 0 Å². The van der Waals surface area contributed by atoms with Gasteiger partial charge in [-0.05, 0) is 48.0 Å². The third-order valence-electron chi connectivity index (χ3n) is 5.86. The van der Waals surface area contributed by atoms with Gasteiger partial charge in [0.25, 0.3) is 11.8 Å². The van der Waals surface area contributed by atoms with Gasteiger partial charge in [-0.25, -0.2) is 0 Å². The van der Waals surface area contributed by atoms with Crippen LogP contribution in [0.3, 0.4) is 0 Å². The molecule has 0 aromatic heterocycles. The molecule has 1 heterocycles. The summed E-state index contributed by atoms with van der Waals surface area (Å²) in [5.74, 6) is -0.0941. The molecule has 0 unspecified atom stereocenters. The Morgan fingerprint density at radius 2 is 1.61 bits per heavy atom. The molecule has 1 saturated heterocycles. The van der Waals surface area contributed by atoms with Crippen LogP contribution in [0.4, 0.5) is 11.4 Å². The molecule has 2 N–H and O–H groups in total. The topological polar surface area (TPSA) is 69.9 Å². The van der Waals surface area contributed by atoms with Gasteiger partial charge in [0.1, 0.15) is 0 Å². The summed E-state index contributed by atoms with van der Waals surface area (Å²) in [6.45, 7) is 2.91. The van der Waals surface area contributed by atoms with Crippen LogP contribution in [-0.2, 0) is 6.54 Å². The molecule has 0 bridgehead atoms. The van der Waals surface area contributed by atoms with Gasteiger partial charge in [0.05, 0.1) is 5.56 Å². The van der Waals surface area contributed by atoms with Crippen LogP contribution < -0.4 is 10.6 Å². The average Bonchev–Trinajstić information content (AvgIpc) is 2.84. The first-order valence-electron chi connectivity index (χ1n) is 10.9. The van der Waals surface area contributed by atoms with Crippen molar-refractivity contribution in [3.8, 4) is 0 Å². The van der Waals surface area contributed by atoms with E-state index in [9.17, 15) is 9.59 Å². The van der Waals surface area contributed by atoms with E-state index in [0.717, 1.165) is 11.3 Å². The second kappa shape index (κ2) is 9.96. The molecule has 170 valence electrons. The number of halogens is 1. The van der Waals surface area contributed by atoms with E-state index in [0.29, 0.717) is 54.6 Å². The number of nitrogens with zero attached hydrogens (tertiary/aromatic N) is 3. The van der Waals surface area contributed by atoms with Gasteiger partial charge in [-0.15, -0.1) is 0 Å². The quantitative estimate of drug-likeness (QED) is 0.578. The molecule has 2 amide bonds. The van der Waals surface area contributed by atoms with Gasteiger partial charge in [0.15, 0.2) is 0 Å². The summed E-state index contributed by atoms with van der Waals surface area (Å²) >= 11 is 5.94. The number of carbonyl (C=O) groups excluding carboxylic acids is 2. The highest BCUT2D eigenvalue weighted by Gasteiger charge is 2.26. The number of benzene rings is 3. The van der Waals surface area contributed by atoms with Crippen molar-refractivity contribution >= 4 is 34.8 Å². The molecular weight excluding hydrogens is 436 g/mol. The first kappa shape index (κ1) is 22.7. The Morgan fingerprint density at radius 3 is 2.27 bits per heavy atom. The van der Waals surface area contributed by atoms with Crippen LogP contribution in [0, 0.1) is 0 Å². The molecule has 0 radical (unpaired) electrons. The molecule has 0 atom stereocenters. The van der Waals surface area contributed by atoms with Gasteiger partial charge >= 0.3 is 0 Å². The summed E-state index contributed by atoms with van der Waals surface area (Å²) in [4.78, 5) is 31.8. The molecule has 1 aliphatic rings. The summed E-state index contributed by atoms with van der Waals surface area (Å²) in [5, 5.41) is 0.606. The summed E-state index contributed by atoms with van der Waals surface area (Å²) in [7, 11) is 1.80. The lowest BCUT2D eigenvalue weighted by Crippen LogP contribution is -2.49. The second-order valence-corrected chi connectivity index (χ2v) is 8.65. The van der Waals surface area contributed by atoms with E-state index in [2.05, 4.69) is 4.90 Å². The predicted molar refractivity (Wildman–Crippen MR) is 133 cm³/mol. The number of hydrogen-bond donors (Lipinski definition) is 1. The zero-order valence-electron chi connectivity index (χ0n) is 18.6. The fourth-order valence-corrected chi connectivity index (χ4v) is 4.19. The van der Waals surface area contributed by atoms with E-state index in [1.807, 2.05) is 47.4 Å². The van der Waals surface area contributed by atoms with Crippen molar-refractivity contribution in [1.29, 1.82) is 0 Å². The smallest absolute Gasteiger partial charge is 0.256 e. The molecule has 1 aliphatic heterocycles. The third kappa shape index (κ3) is 5.29. The third-order valence-corrected chi connectivity index (χ3v) is 6.11. The summed E-state index contributed by atoms with van der Waals surface area (Å²) in [5.41, 5.74) is 9.68. The Bertz CT molecular complexity index is 1130. The number of hydrogen-bond acceptors (Lipinski definition) is 4. The molecule has 33 heavy (non-hydrogen) atoms. The Hall–Kier alpha value is -3.51. The van der Waals surface area contributed by atoms with Crippen LogP contribution in [0.25, 0.3) is 0 Å². The summed E-state index contributed by atoms with van der Waals surface area (Å²) in [6.07, 6.45) is 0. The maximum absolute atomic E-state index is 13.3. The average molecular weight is 463 g/mol. The lowest BCUT2D eigenvalue weighted by atomic mass is 10.1. The molecule has 6 nitrogen and oxygen atoms in total. The van der Waals surface area contributed by atoms with Crippen LogP contribution in [-0.4, -0.2) is 54.8 Å². The Balaban J connectivity index is 1.47. The zero-order chi connectivity index (χ0) is 23.4. The fourth-order valence-electron chi connectivity index (χ4n) is 4.06. The summed E-state index contributed by atoms with van der Waals surface area (Å²) in [6, 6.07) is 22.3. The highest BCUT2D eigenvalue weighted by atomic mass is 35.5. The number of carbonyl (C=O) groups is 2. The highest BCUT2D eigenvalue weighted by molar-refractivity contribution is 6.30. The minimum atomic E-state index is -0.0826. The van der Waals surface area contributed by atoms with Gasteiger partial charge in [-0.2, -0.15) is 0 Å². The largest absolute Gasteiger partial charge is 0.399 e. The molecule has 0 saturated carbocycles. The monoisotopic (exact) mass is 462 g/mol. The molecule has 1 fully saturated rings. The van der Waals surface area contributed by atoms with Crippen LogP contribution in [0.2, 0.25) is 5.02 Å². The number of nitrogens with two attached hydrogens (primary N) is 1. The van der Waals surface area contributed by atoms with Gasteiger partial charge in [0.2, 0.25) is 0 Å². The molecule has 3 aromatic rings. The van der Waals surface area contributed by atoms with Crippen LogP contribution in [0.1, 0.15) is 26.3 Å². The van der Waals surface area contributed by atoms with Crippen molar-refractivity contribution in [2.75, 3.05) is 43.9 Å². The Morgan fingerprint density at radius 1 is 0.939 bits per heavy atom. The van der Waals surface area contributed by atoms with Gasteiger partial charge < -0.3 is 20.4 Å². The predicted octanol–water partition coefficient (Wildman–Crippen LogP) is 4.16. The normalized spacial score (nSPS) is 13.6. The molecule has 3 aromatic carbocycles. The fraction of sp³-hybridized carbons (Fsp3) is 0.231. The van der Waals surface area contributed by atoms with E-state index in [1.165, 1.54) is 0 Å². The number of rotatable bonds is 5. The molecule has 0 spiro atoms. The second-order valence-electron chi connectivity index (χ2n) is 8.21. The van der Waals surface area contributed by atoms with E-state index in [4.69, 9.17) is 17.3 Å². The van der Waals surface area contributed by atoms with Crippen LogP contribution in [0.5, 0.6) is 0 Å². The number of piperazine rings is 1. The van der Waals surface area contributed by atoms with Gasteiger partial charge in [-0.3, -0.25) is 9.59 Å². The van der Waals surface area contributed by atoms with Crippen LogP contribution >= 0.6 is 11.6 Å². The highest BCUT2D eigenvalue weighted by Crippen LogP contribution is 2.26. The van der Waals surface area contributed by atoms with E-state index >= 15 is 0 Å². The van der Waals surface area contributed by atoms with Crippen molar-refractivity contribution < 1.29 is 9.59 Å². The standard InChI is InChI=1S/C26H27ClN4O2/c1-29(18-19-5-3-2-4-6-19)26(33)23-17-22(28)11-12-24(23)30-13-15-31(16-14-30)25(32)20-7-9-21(27)10-8-20/h2-12,17H,13-16,18,28H2,1H3. The summed E-state index contributed by atoms with van der Waals surface area (Å²) < 4.78 is 0. The SMILES string of the molecule is CN(Cc1ccccc1)C(=O)c1cc(N)ccc1N1CCN(C(=O)c2ccc(Cl)cc2)CC1. The first-order chi connectivity index (χ1) is 15.9. The number of nitrogen functional groups attached to an aromatic ring is 1. The van der Waals surface area contributed by atoms with Crippen LogP contribution in [0.15, 0.2) is 72.8 Å². The maximum Gasteiger partial charge on any atom is 0.256 e. The first-order valence-corrected chi connectivity index (χ1v) is 11.3. The van der Waals surface area contributed by atoms with Gasteiger partial charge in [-0.1, -0.05) is 41.9 Å². The molecule has 7 heteroatoms. The molecule has 0 aliphatic carbocycles. The minimum absolute atomic E-state index is 0.0116. The van der Waals surface area contributed by atoms with E-state index in [-0.39, 0.29) is 11.8 Å². The van der Waals surface area contributed by atoms with Crippen molar-refractivity contribution in [3.05, 3.63) is 94.5 Å². The minimum Gasteiger partial charge on any atom is -0.399 e. The van der Waals surface area contributed by atoms with Gasteiger partial charge in [0, 0.05) is 61.7 Å². The zero-order valence-corrected chi connectivity index (χ0v) is 19.3. The molecular formula is C26H27ClN4O2. The van der Waals surface area contributed by atoms with Crippen molar-refractivity contribution in [1.82, 2.24) is 9.80 Å². The number of amides is 2. The number of anilines is 2. The maximum atomic E-state index is 13.3. The Kier molecular flexibility index (Phi) is 6.84. The van der Waals surface area contributed by atoms with Crippen molar-refractivity contribution in [3.63, 3.8) is 0 Å². The molecule has 4 rings (SSSR count). The lowest BCUT2D eigenvalue weighted by Gasteiger charge is -2.37. The van der Waals surface area contributed by atoms with Crippen molar-refractivity contribution in [2.45, 2.75) is 6.54 Å². The Labute approximate surface area is 199 Å². The van der Waals surface area contributed by atoms with E-state index in [1.54, 1.807) is 42.3 Å². The van der Waals surface area contributed by atoms with Crippen molar-refractivity contribution in [2.24, 2.45) is 0 Å². The lowest BCUT2D eigenvalue weighted by molar-refractivity contribution is 0.0742.